The van der Waals surface area contributed by atoms with E-state index in [1.807, 2.05) is 38.1 Å². The summed E-state index contributed by atoms with van der Waals surface area (Å²) >= 11 is 12.3. The molecule has 2 aromatic carbocycles. The number of nitrogens with zero attached hydrogens (tertiary/aromatic N) is 2. The van der Waals surface area contributed by atoms with E-state index in [2.05, 4.69) is 9.97 Å². The van der Waals surface area contributed by atoms with E-state index in [0.29, 0.717) is 15.9 Å². The molecule has 0 fully saturated rings. The Morgan fingerprint density at radius 2 is 1.83 bits per heavy atom. The highest BCUT2D eigenvalue weighted by molar-refractivity contribution is 6.36. The standard InChI is InChI=1S/C17H15Cl2N3O/c1-9(2)23-16-13-7-10(3-6-15(13)21-17(20)22-16)12-5-4-11(18)8-14(12)19/h3-9H,1-2H3,(H2,20,21,22). The highest BCUT2D eigenvalue weighted by Gasteiger charge is 2.12. The molecule has 118 valence electrons. The summed E-state index contributed by atoms with van der Waals surface area (Å²) in [5, 5.41) is 1.97. The number of nitrogens with two attached hydrogens (primary N) is 1. The zero-order valence-corrected chi connectivity index (χ0v) is 14.2. The van der Waals surface area contributed by atoms with Gasteiger partial charge in [0.2, 0.25) is 11.8 Å². The molecule has 23 heavy (non-hydrogen) atoms. The lowest BCUT2D eigenvalue weighted by atomic mass is 10.0. The molecular weight excluding hydrogens is 333 g/mol. The van der Waals surface area contributed by atoms with Crippen molar-refractivity contribution in [3.8, 4) is 17.0 Å². The molecule has 0 aliphatic carbocycles. The molecule has 0 saturated heterocycles. The Kier molecular flexibility index (Phi) is 4.28. The van der Waals surface area contributed by atoms with Crippen LogP contribution in [-0.4, -0.2) is 16.1 Å². The van der Waals surface area contributed by atoms with E-state index in [4.69, 9.17) is 33.7 Å². The fraction of sp³-hybridized carbons (Fsp3) is 0.176. The maximum absolute atomic E-state index is 6.30. The molecule has 6 heteroatoms. The van der Waals surface area contributed by atoms with Crippen LogP contribution in [0.15, 0.2) is 36.4 Å². The second-order valence-electron chi connectivity index (χ2n) is 5.41. The highest BCUT2D eigenvalue weighted by atomic mass is 35.5. The molecule has 2 N–H and O–H groups in total. The molecule has 4 nitrogen and oxygen atoms in total. The van der Waals surface area contributed by atoms with Crippen molar-refractivity contribution in [1.82, 2.24) is 9.97 Å². The van der Waals surface area contributed by atoms with Crippen molar-refractivity contribution in [3.63, 3.8) is 0 Å². The SMILES string of the molecule is CC(C)Oc1nc(N)nc2ccc(-c3ccc(Cl)cc3Cl)cc12. The predicted octanol–water partition coefficient (Wildman–Crippen LogP) is 4.97. The fourth-order valence-corrected chi connectivity index (χ4v) is 2.84. The van der Waals surface area contributed by atoms with Gasteiger partial charge in [-0.05, 0) is 43.7 Å². The van der Waals surface area contributed by atoms with E-state index in [0.717, 1.165) is 22.0 Å². The van der Waals surface area contributed by atoms with Crippen molar-refractivity contribution in [3.05, 3.63) is 46.4 Å². The number of hydrogen-bond acceptors (Lipinski definition) is 4. The first kappa shape index (κ1) is 15.8. The zero-order chi connectivity index (χ0) is 16.6. The van der Waals surface area contributed by atoms with E-state index in [9.17, 15) is 0 Å². The molecule has 0 aliphatic heterocycles. The maximum Gasteiger partial charge on any atom is 0.226 e. The fourth-order valence-electron chi connectivity index (χ4n) is 2.32. The number of fused-ring (bicyclic) bond motifs is 1. The minimum Gasteiger partial charge on any atom is -0.474 e. The van der Waals surface area contributed by atoms with Crippen molar-refractivity contribution in [2.24, 2.45) is 0 Å². The van der Waals surface area contributed by atoms with Gasteiger partial charge in [0.1, 0.15) is 0 Å². The quantitative estimate of drug-likeness (QED) is 0.726. The van der Waals surface area contributed by atoms with E-state index in [1.165, 1.54) is 0 Å². The van der Waals surface area contributed by atoms with Gasteiger partial charge in [-0.1, -0.05) is 35.3 Å². The summed E-state index contributed by atoms with van der Waals surface area (Å²) in [5.41, 5.74) is 8.29. The Hall–Kier alpha value is -2.04. The van der Waals surface area contributed by atoms with Crippen LogP contribution in [0, 0.1) is 0 Å². The molecule has 0 unspecified atom stereocenters. The van der Waals surface area contributed by atoms with Gasteiger partial charge in [-0.2, -0.15) is 4.98 Å². The van der Waals surface area contributed by atoms with E-state index in [1.54, 1.807) is 12.1 Å². The average Bonchev–Trinajstić information content (AvgIpc) is 2.46. The molecule has 0 aliphatic rings. The Morgan fingerprint density at radius 1 is 1.04 bits per heavy atom. The number of anilines is 1. The summed E-state index contributed by atoms with van der Waals surface area (Å²) in [7, 11) is 0. The summed E-state index contributed by atoms with van der Waals surface area (Å²) in [6.45, 7) is 3.87. The van der Waals surface area contributed by atoms with Crippen molar-refractivity contribution in [2.75, 3.05) is 5.73 Å². The monoisotopic (exact) mass is 347 g/mol. The minimum atomic E-state index is -0.0183. The number of hydrogen-bond donors (Lipinski definition) is 1. The molecule has 0 amide bonds. The molecule has 0 bridgehead atoms. The molecule has 1 aromatic heterocycles. The molecule has 3 aromatic rings. The lowest BCUT2D eigenvalue weighted by Gasteiger charge is -2.13. The lowest BCUT2D eigenvalue weighted by Crippen LogP contribution is -2.09. The van der Waals surface area contributed by atoms with Gasteiger partial charge in [0, 0.05) is 15.6 Å². The van der Waals surface area contributed by atoms with Gasteiger partial charge in [0.25, 0.3) is 0 Å². The van der Waals surface area contributed by atoms with Crippen LogP contribution >= 0.6 is 23.2 Å². The molecule has 0 atom stereocenters. The number of benzene rings is 2. The molecular formula is C17H15Cl2N3O. The van der Waals surface area contributed by atoms with Crippen molar-refractivity contribution >= 4 is 40.1 Å². The first-order chi connectivity index (χ1) is 10.9. The molecule has 3 rings (SSSR count). The van der Waals surface area contributed by atoms with Crippen LogP contribution in [0.1, 0.15) is 13.8 Å². The minimum absolute atomic E-state index is 0.0183. The summed E-state index contributed by atoms with van der Waals surface area (Å²) in [6, 6.07) is 11.2. The molecule has 0 radical (unpaired) electrons. The number of halogens is 2. The Balaban J connectivity index is 2.19. The summed E-state index contributed by atoms with van der Waals surface area (Å²) < 4.78 is 5.76. The first-order valence-corrected chi connectivity index (χ1v) is 7.89. The van der Waals surface area contributed by atoms with Crippen LogP contribution in [-0.2, 0) is 0 Å². The summed E-state index contributed by atoms with van der Waals surface area (Å²) in [5.74, 6) is 0.653. The predicted molar refractivity (Wildman–Crippen MR) is 95.2 cm³/mol. The van der Waals surface area contributed by atoms with E-state index in [-0.39, 0.29) is 12.1 Å². The van der Waals surface area contributed by atoms with E-state index >= 15 is 0 Å². The van der Waals surface area contributed by atoms with Crippen molar-refractivity contribution in [1.29, 1.82) is 0 Å². The largest absolute Gasteiger partial charge is 0.474 e. The van der Waals surface area contributed by atoms with Gasteiger partial charge in [-0.25, -0.2) is 4.98 Å². The van der Waals surface area contributed by atoms with Crippen LogP contribution in [0.5, 0.6) is 5.88 Å². The van der Waals surface area contributed by atoms with Gasteiger partial charge < -0.3 is 10.5 Å². The second kappa shape index (κ2) is 6.22. The Labute approximate surface area is 144 Å². The van der Waals surface area contributed by atoms with Crippen LogP contribution in [0.4, 0.5) is 5.95 Å². The normalized spacial score (nSPS) is 11.2. The maximum atomic E-state index is 6.30. The van der Waals surface area contributed by atoms with Gasteiger partial charge in [-0.15, -0.1) is 0 Å². The second-order valence-corrected chi connectivity index (χ2v) is 6.25. The Morgan fingerprint density at radius 3 is 2.52 bits per heavy atom. The number of aromatic nitrogens is 2. The smallest absolute Gasteiger partial charge is 0.226 e. The number of rotatable bonds is 3. The molecule has 0 saturated carbocycles. The third-order valence-corrected chi connectivity index (χ3v) is 3.82. The third-order valence-electron chi connectivity index (χ3n) is 3.27. The summed E-state index contributed by atoms with van der Waals surface area (Å²) in [4.78, 5) is 8.45. The highest BCUT2D eigenvalue weighted by Crippen LogP contribution is 2.34. The van der Waals surface area contributed by atoms with Gasteiger partial charge in [0.15, 0.2) is 0 Å². The first-order valence-electron chi connectivity index (χ1n) is 7.13. The van der Waals surface area contributed by atoms with Gasteiger partial charge >= 0.3 is 0 Å². The number of nitrogen functional groups attached to an aromatic ring is 1. The van der Waals surface area contributed by atoms with Crippen molar-refractivity contribution < 1.29 is 4.74 Å². The van der Waals surface area contributed by atoms with Gasteiger partial charge in [0.05, 0.1) is 17.0 Å². The molecule has 1 heterocycles. The zero-order valence-electron chi connectivity index (χ0n) is 12.7. The topological polar surface area (TPSA) is 61.0 Å². The Bertz CT molecular complexity index is 881. The van der Waals surface area contributed by atoms with E-state index < -0.39 is 0 Å². The molecule has 0 spiro atoms. The lowest BCUT2D eigenvalue weighted by molar-refractivity contribution is 0.236. The summed E-state index contributed by atoms with van der Waals surface area (Å²) in [6.07, 6.45) is -0.0183. The average molecular weight is 348 g/mol. The van der Waals surface area contributed by atoms with Crippen LogP contribution < -0.4 is 10.5 Å². The number of ether oxygens (including phenoxy) is 1. The van der Waals surface area contributed by atoms with Gasteiger partial charge in [-0.3, -0.25) is 0 Å². The van der Waals surface area contributed by atoms with Crippen molar-refractivity contribution in [2.45, 2.75) is 20.0 Å². The van der Waals surface area contributed by atoms with Crippen LogP contribution in [0.25, 0.3) is 22.0 Å². The van der Waals surface area contributed by atoms with Crippen LogP contribution in [0.3, 0.4) is 0 Å². The third kappa shape index (κ3) is 3.33. The van der Waals surface area contributed by atoms with Crippen LogP contribution in [0.2, 0.25) is 10.0 Å².